The largest absolute Gasteiger partial charge is 0.438 e. The van der Waals surface area contributed by atoms with Crippen molar-refractivity contribution in [2.75, 3.05) is 6.54 Å². The standard InChI is InChI=1S/C20H22FN3O3/c1-12(25)23-18-9-20(18)11-24(19(26)27-20)15-6-7-16(17(21)8-15)14-4-2-13(10-22)3-5-14/h2-5,8,18H,6-7,9-11,22H2,1H3,(H,23,25)/t18-,20?/m1/s1. The van der Waals surface area contributed by atoms with Crippen LogP contribution in [0.3, 0.4) is 0 Å². The molecule has 1 spiro atoms. The monoisotopic (exact) mass is 371 g/mol. The van der Waals surface area contributed by atoms with E-state index in [1.54, 1.807) is 0 Å². The minimum atomic E-state index is -0.665. The van der Waals surface area contributed by atoms with Gasteiger partial charge < -0.3 is 15.8 Å². The molecular weight excluding hydrogens is 349 g/mol. The molecule has 1 heterocycles. The highest BCUT2D eigenvalue weighted by molar-refractivity contribution is 5.78. The maximum Gasteiger partial charge on any atom is 0.414 e. The first kappa shape index (κ1) is 17.7. The van der Waals surface area contributed by atoms with E-state index in [9.17, 15) is 14.0 Å². The molecule has 1 unspecified atom stereocenters. The summed E-state index contributed by atoms with van der Waals surface area (Å²) in [6.07, 6.45) is 2.60. The first-order chi connectivity index (χ1) is 12.9. The third-order valence-corrected chi connectivity index (χ3v) is 5.44. The smallest absolute Gasteiger partial charge is 0.414 e. The van der Waals surface area contributed by atoms with Crippen LogP contribution in [0.1, 0.15) is 37.3 Å². The lowest BCUT2D eigenvalue weighted by molar-refractivity contribution is -0.119. The van der Waals surface area contributed by atoms with Crippen LogP contribution in [0.4, 0.5) is 9.18 Å². The molecule has 1 aromatic rings. The van der Waals surface area contributed by atoms with Gasteiger partial charge in [0.05, 0.1) is 12.6 Å². The third kappa shape index (κ3) is 3.23. The van der Waals surface area contributed by atoms with Crippen LogP contribution in [0.15, 0.2) is 41.9 Å². The molecule has 142 valence electrons. The molecule has 0 aromatic heterocycles. The molecular formula is C20H22FN3O3. The van der Waals surface area contributed by atoms with Gasteiger partial charge in [-0.2, -0.15) is 0 Å². The number of rotatable bonds is 4. The minimum absolute atomic E-state index is 0.150. The number of benzene rings is 1. The molecule has 2 fully saturated rings. The molecule has 1 saturated carbocycles. The van der Waals surface area contributed by atoms with Gasteiger partial charge in [-0.05, 0) is 35.6 Å². The predicted molar refractivity (Wildman–Crippen MR) is 97.8 cm³/mol. The molecule has 1 aliphatic heterocycles. The SMILES string of the molecule is CC(=O)N[C@@H]1CC12CN(C1=CC(F)=C(c3ccc(CN)cc3)CC1)C(=O)O2. The van der Waals surface area contributed by atoms with E-state index in [2.05, 4.69) is 5.32 Å². The van der Waals surface area contributed by atoms with Gasteiger partial charge >= 0.3 is 6.09 Å². The van der Waals surface area contributed by atoms with Gasteiger partial charge in [-0.15, -0.1) is 0 Å². The molecule has 2 aliphatic carbocycles. The minimum Gasteiger partial charge on any atom is -0.438 e. The van der Waals surface area contributed by atoms with Crippen LogP contribution in [0, 0.1) is 0 Å². The van der Waals surface area contributed by atoms with Gasteiger partial charge in [0.15, 0.2) is 5.60 Å². The van der Waals surface area contributed by atoms with Crippen molar-refractivity contribution in [1.29, 1.82) is 0 Å². The quantitative estimate of drug-likeness (QED) is 0.852. The van der Waals surface area contributed by atoms with E-state index in [1.165, 1.54) is 17.9 Å². The maximum absolute atomic E-state index is 14.7. The van der Waals surface area contributed by atoms with E-state index in [0.29, 0.717) is 43.6 Å². The zero-order chi connectivity index (χ0) is 19.2. The Bertz CT molecular complexity index is 862. The molecule has 7 heteroatoms. The Morgan fingerprint density at radius 3 is 2.74 bits per heavy atom. The highest BCUT2D eigenvalue weighted by Gasteiger charge is 2.64. The molecule has 2 atom stereocenters. The average Bonchev–Trinajstić information content (AvgIpc) is 3.16. The molecule has 1 saturated heterocycles. The van der Waals surface area contributed by atoms with E-state index < -0.39 is 11.7 Å². The second-order valence-corrected chi connectivity index (χ2v) is 7.34. The summed E-state index contributed by atoms with van der Waals surface area (Å²) in [7, 11) is 0. The van der Waals surface area contributed by atoms with Crippen LogP contribution in [0.2, 0.25) is 0 Å². The molecule has 27 heavy (non-hydrogen) atoms. The first-order valence-electron chi connectivity index (χ1n) is 9.08. The van der Waals surface area contributed by atoms with Crippen molar-refractivity contribution in [2.45, 2.75) is 44.4 Å². The second kappa shape index (κ2) is 6.49. The van der Waals surface area contributed by atoms with E-state index in [1.807, 2.05) is 24.3 Å². The summed E-state index contributed by atoms with van der Waals surface area (Å²) >= 11 is 0. The number of allylic oxidation sites excluding steroid dienone is 4. The summed E-state index contributed by atoms with van der Waals surface area (Å²) < 4.78 is 20.2. The molecule has 2 amide bonds. The van der Waals surface area contributed by atoms with Crippen LogP contribution >= 0.6 is 0 Å². The Morgan fingerprint density at radius 2 is 2.11 bits per heavy atom. The van der Waals surface area contributed by atoms with Crippen molar-refractivity contribution < 1.29 is 18.7 Å². The van der Waals surface area contributed by atoms with Crippen molar-refractivity contribution >= 4 is 17.6 Å². The van der Waals surface area contributed by atoms with Crippen molar-refractivity contribution in [3.63, 3.8) is 0 Å². The number of amides is 2. The van der Waals surface area contributed by atoms with Gasteiger partial charge in [0.25, 0.3) is 0 Å². The Labute approximate surface area is 156 Å². The number of carbonyl (C=O) groups excluding carboxylic acids is 2. The topological polar surface area (TPSA) is 84.7 Å². The van der Waals surface area contributed by atoms with Crippen LogP contribution < -0.4 is 11.1 Å². The van der Waals surface area contributed by atoms with E-state index in [4.69, 9.17) is 10.5 Å². The van der Waals surface area contributed by atoms with Gasteiger partial charge in [0.2, 0.25) is 5.91 Å². The summed E-state index contributed by atoms with van der Waals surface area (Å²) in [4.78, 5) is 25.0. The predicted octanol–water partition coefficient (Wildman–Crippen LogP) is 2.60. The van der Waals surface area contributed by atoms with Gasteiger partial charge in [-0.3, -0.25) is 9.69 Å². The summed E-state index contributed by atoms with van der Waals surface area (Å²) in [5.74, 6) is -0.484. The molecule has 3 aliphatic rings. The number of hydrogen-bond donors (Lipinski definition) is 2. The molecule has 1 aromatic carbocycles. The van der Waals surface area contributed by atoms with Gasteiger partial charge in [-0.25, -0.2) is 9.18 Å². The third-order valence-electron chi connectivity index (χ3n) is 5.44. The van der Waals surface area contributed by atoms with E-state index in [-0.39, 0.29) is 17.8 Å². The molecule has 0 bridgehead atoms. The Morgan fingerprint density at radius 1 is 1.37 bits per heavy atom. The fourth-order valence-electron chi connectivity index (χ4n) is 3.83. The maximum atomic E-state index is 14.7. The van der Waals surface area contributed by atoms with Crippen molar-refractivity contribution in [3.8, 4) is 0 Å². The number of halogens is 1. The Hall–Kier alpha value is -2.67. The van der Waals surface area contributed by atoms with Gasteiger partial charge in [-0.1, -0.05) is 24.3 Å². The molecule has 3 N–H and O–H groups in total. The zero-order valence-electron chi connectivity index (χ0n) is 15.1. The van der Waals surface area contributed by atoms with Crippen LogP contribution in [-0.4, -0.2) is 35.1 Å². The normalized spacial score (nSPS) is 26.9. The number of ether oxygens (including phenoxy) is 1. The number of nitrogens with one attached hydrogen (secondary N) is 1. The lowest BCUT2D eigenvalue weighted by atomic mass is 9.94. The summed E-state index contributed by atoms with van der Waals surface area (Å²) in [6.45, 7) is 2.23. The second-order valence-electron chi connectivity index (χ2n) is 7.34. The fourth-order valence-corrected chi connectivity index (χ4v) is 3.83. The summed E-state index contributed by atoms with van der Waals surface area (Å²) in [5.41, 5.74) is 8.01. The zero-order valence-corrected chi connectivity index (χ0v) is 15.1. The van der Waals surface area contributed by atoms with E-state index in [0.717, 1.165) is 11.1 Å². The van der Waals surface area contributed by atoms with Crippen LogP contribution in [0.25, 0.3) is 5.57 Å². The van der Waals surface area contributed by atoms with Crippen LogP contribution in [0.5, 0.6) is 0 Å². The Balaban J connectivity index is 1.51. The van der Waals surface area contributed by atoms with Crippen molar-refractivity contribution in [1.82, 2.24) is 10.2 Å². The molecule has 6 nitrogen and oxygen atoms in total. The lowest BCUT2D eigenvalue weighted by Crippen LogP contribution is -2.33. The van der Waals surface area contributed by atoms with Crippen LogP contribution in [-0.2, 0) is 16.1 Å². The van der Waals surface area contributed by atoms with Crippen molar-refractivity contribution in [3.05, 3.63) is 53.0 Å². The number of hydrogen-bond acceptors (Lipinski definition) is 4. The number of nitrogens with two attached hydrogens (primary N) is 1. The summed E-state index contributed by atoms with van der Waals surface area (Å²) in [5, 5.41) is 2.79. The highest BCUT2D eigenvalue weighted by Crippen LogP contribution is 2.47. The fraction of sp³-hybridized carbons (Fsp3) is 0.400. The number of nitrogens with zero attached hydrogens (tertiary/aromatic N) is 1. The van der Waals surface area contributed by atoms with E-state index >= 15 is 0 Å². The van der Waals surface area contributed by atoms with Gasteiger partial charge in [0, 0.05) is 25.6 Å². The molecule has 4 rings (SSSR count). The lowest BCUT2D eigenvalue weighted by Gasteiger charge is -2.22. The highest BCUT2D eigenvalue weighted by atomic mass is 19.1. The number of carbonyl (C=O) groups is 2. The Kier molecular flexibility index (Phi) is 4.26. The van der Waals surface area contributed by atoms with Gasteiger partial charge in [0.1, 0.15) is 5.83 Å². The molecule has 0 radical (unpaired) electrons. The first-order valence-corrected chi connectivity index (χ1v) is 9.08. The van der Waals surface area contributed by atoms with Crippen molar-refractivity contribution in [2.24, 2.45) is 5.73 Å². The average molecular weight is 371 g/mol. The summed E-state index contributed by atoms with van der Waals surface area (Å²) in [6, 6.07) is 7.37.